The monoisotopic (exact) mass is 496 g/mol. The van der Waals surface area contributed by atoms with E-state index < -0.39 is 23.0 Å². The number of carbonyl (C=O) groups excluding carboxylic acids is 1. The minimum atomic E-state index is -1.08. The number of aliphatic imine (C=N–C) groups is 2. The molecule has 0 fully saturated rings. The molecule has 0 saturated carbocycles. The van der Waals surface area contributed by atoms with E-state index in [-0.39, 0.29) is 28.6 Å². The van der Waals surface area contributed by atoms with Gasteiger partial charge < -0.3 is 25.2 Å². The van der Waals surface area contributed by atoms with Crippen molar-refractivity contribution >= 4 is 24.4 Å². The van der Waals surface area contributed by atoms with Crippen LogP contribution in [0.5, 0.6) is 11.5 Å². The van der Waals surface area contributed by atoms with Gasteiger partial charge in [0.2, 0.25) is 0 Å². The topological polar surface area (TPSA) is 148 Å². The van der Waals surface area contributed by atoms with Crippen molar-refractivity contribution in [1.82, 2.24) is 0 Å². The van der Waals surface area contributed by atoms with Crippen molar-refractivity contribution < 1.29 is 47.1 Å². The molecule has 33 heavy (non-hydrogen) atoms. The van der Waals surface area contributed by atoms with E-state index in [1.165, 1.54) is 12.1 Å². The summed E-state index contributed by atoms with van der Waals surface area (Å²) < 4.78 is 0. The SMILES string of the molecule is CC(=O)O.CC(=O)[O-].CC(C)(N=Cc1ccccc1[O-])C(C)(C)N=Cc1ccccc1[O-].[Mn+3]. The van der Waals surface area contributed by atoms with Crippen LogP contribution < -0.4 is 15.3 Å². The van der Waals surface area contributed by atoms with Gasteiger partial charge in [0.1, 0.15) is 0 Å². The Morgan fingerprint density at radius 2 is 1.03 bits per heavy atom. The van der Waals surface area contributed by atoms with Crippen molar-refractivity contribution in [2.45, 2.75) is 52.6 Å². The van der Waals surface area contributed by atoms with Crippen molar-refractivity contribution in [3.05, 3.63) is 59.7 Å². The van der Waals surface area contributed by atoms with E-state index in [2.05, 4.69) is 9.98 Å². The molecule has 0 aromatic heterocycles. The van der Waals surface area contributed by atoms with Gasteiger partial charge in [-0.25, -0.2) is 0 Å². The molecule has 2 rings (SSSR count). The van der Waals surface area contributed by atoms with E-state index in [1.54, 1.807) is 36.7 Å². The van der Waals surface area contributed by atoms with Crippen LogP contribution in [0.1, 0.15) is 52.7 Å². The first-order valence-corrected chi connectivity index (χ1v) is 9.69. The van der Waals surface area contributed by atoms with Gasteiger partial charge in [-0.1, -0.05) is 48.5 Å². The molecular formula is C24H29MnN2O6. The van der Waals surface area contributed by atoms with E-state index in [0.29, 0.717) is 11.1 Å². The van der Waals surface area contributed by atoms with Crippen LogP contribution in [0.25, 0.3) is 0 Å². The van der Waals surface area contributed by atoms with Gasteiger partial charge in [-0.2, -0.15) is 0 Å². The van der Waals surface area contributed by atoms with Gasteiger partial charge in [-0.3, -0.25) is 14.8 Å². The number of nitrogens with zero attached hydrogens (tertiary/aromatic N) is 2. The molecule has 0 amide bonds. The Labute approximate surface area is 205 Å². The van der Waals surface area contributed by atoms with E-state index in [9.17, 15) is 10.2 Å². The van der Waals surface area contributed by atoms with E-state index in [0.717, 1.165) is 13.8 Å². The second-order valence-electron chi connectivity index (χ2n) is 7.72. The molecule has 0 bridgehead atoms. The zero-order valence-electron chi connectivity index (χ0n) is 19.5. The Bertz CT molecular complexity index is 870. The largest absolute Gasteiger partial charge is 3.00 e. The molecule has 8 nitrogen and oxygen atoms in total. The summed E-state index contributed by atoms with van der Waals surface area (Å²) in [4.78, 5) is 27.0. The van der Waals surface area contributed by atoms with Crippen LogP contribution in [0.4, 0.5) is 0 Å². The van der Waals surface area contributed by atoms with E-state index in [4.69, 9.17) is 19.8 Å². The van der Waals surface area contributed by atoms with Gasteiger partial charge in [0.05, 0.1) is 11.1 Å². The molecule has 0 saturated heterocycles. The first-order valence-electron chi connectivity index (χ1n) is 9.69. The van der Waals surface area contributed by atoms with Crippen LogP contribution in [0.3, 0.4) is 0 Å². The molecule has 0 heterocycles. The summed E-state index contributed by atoms with van der Waals surface area (Å²) in [6.45, 7) is 9.88. The van der Waals surface area contributed by atoms with Gasteiger partial charge in [0.15, 0.2) is 0 Å². The molecule has 0 aliphatic carbocycles. The maximum atomic E-state index is 11.8. The molecule has 2 aromatic carbocycles. The minimum absolute atomic E-state index is 0. The summed E-state index contributed by atoms with van der Waals surface area (Å²) in [7, 11) is 0. The number of para-hydroxylation sites is 2. The van der Waals surface area contributed by atoms with Crippen molar-refractivity contribution in [2.75, 3.05) is 0 Å². The summed E-state index contributed by atoms with van der Waals surface area (Å²) in [6, 6.07) is 13.6. The molecule has 0 aliphatic heterocycles. The molecule has 1 N–H and O–H groups in total. The molecule has 9 heteroatoms. The number of aliphatic carboxylic acids is 2. The van der Waals surface area contributed by atoms with Crippen molar-refractivity contribution in [2.24, 2.45) is 9.98 Å². The van der Waals surface area contributed by atoms with Crippen LogP contribution in [0.2, 0.25) is 0 Å². The predicted octanol–water partition coefficient (Wildman–Crippen LogP) is 1.77. The van der Waals surface area contributed by atoms with Gasteiger partial charge in [0, 0.05) is 25.3 Å². The van der Waals surface area contributed by atoms with Gasteiger partial charge in [0.25, 0.3) is 5.97 Å². The van der Waals surface area contributed by atoms with Crippen LogP contribution in [-0.2, 0) is 26.7 Å². The zero-order chi connectivity index (χ0) is 24.9. The van der Waals surface area contributed by atoms with Crippen molar-refractivity contribution in [1.29, 1.82) is 0 Å². The van der Waals surface area contributed by atoms with Crippen LogP contribution in [-0.4, -0.2) is 40.6 Å². The quantitative estimate of drug-likeness (QED) is 0.493. The number of carbonyl (C=O) groups is 2. The Hall–Kier alpha value is -3.16. The van der Waals surface area contributed by atoms with Gasteiger partial charge in [-0.15, -0.1) is 11.5 Å². The number of rotatable bonds is 5. The fourth-order valence-electron chi connectivity index (χ4n) is 1.95. The minimum Gasteiger partial charge on any atom is -0.872 e. The molecule has 0 aliphatic rings. The predicted molar refractivity (Wildman–Crippen MR) is 119 cm³/mol. The van der Waals surface area contributed by atoms with Crippen LogP contribution >= 0.6 is 0 Å². The first-order chi connectivity index (χ1) is 14.7. The fourth-order valence-corrected chi connectivity index (χ4v) is 1.95. The summed E-state index contributed by atoms with van der Waals surface area (Å²) >= 11 is 0. The first kappa shape index (κ1) is 32.0. The number of carboxylic acid groups (broad SMARTS) is 2. The third-order valence-electron chi connectivity index (χ3n) is 4.39. The Kier molecular flexibility index (Phi) is 14.4. The average molecular weight is 496 g/mol. The maximum Gasteiger partial charge on any atom is 3.00 e. The number of benzene rings is 2. The van der Waals surface area contributed by atoms with E-state index >= 15 is 0 Å². The third kappa shape index (κ3) is 13.1. The molecule has 2 aromatic rings. The molecule has 0 radical (unpaired) electrons. The maximum absolute atomic E-state index is 11.8. The van der Waals surface area contributed by atoms with Crippen LogP contribution in [0, 0.1) is 0 Å². The summed E-state index contributed by atoms with van der Waals surface area (Å²) in [5.74, 6) is -2.03. The number of hydrogen-bond donors (Lipinski definition) is 1. The van der Waals surface area contributed by atoms with Gasteiger partial charge >= 0.3 is 17.1 Å². The van der Waals surface area contributed by atoms with Crippen molar-refractivity contribution in [3.63, 3.8) is 0 Å². The van der Waals surface area contributed by atoms with E-state index in [1.807, 2.05) is 39.8 Å². The summed E-state index contributed by atoms with van der Waals surface area (Å²) in [5, 5.41) is 39.9. The summed E-state index contributed by atoms with van der Waals surface area (Å²) in [5.41, 5.74) is -0.00162. The molecule has 178 valence electrons. The molecule has 0 atom stereocenters. The normalized spacial score (nSPS) is 11.0. The Morgan fingerprint density at radius 1 is 0.788 bits per heavy atom. The average Bonchev–Trinajstić information content (AvgIpc) is 2.66. The molecule has 0 unspecified atom stereocenters. The third-order valence-corrected chi connectivity index (χ3v) is 4.39. The summed E-state index contributed by atoms with van der Waals surface area (Å²) in [6.07, 6.45) is 3.20. The number of hydrogen-bond acceptors (Lipinski definition) is 7. The molecular weight excluding hydrogens is 467 g/mol. The zero-order valence-corrected chi connectivity index (χ0v) is 20.7. The van der Waals surface area contributed by atoms with Crippen LogP contribution in [0.15, 0.2) is 58.5 Å². The Morgan fingerprint density at radius 3 is 1.27 bits per heavy atom. The van der Waals surface area contributed by atoms with Gasteiger partial charge in [-0.05, 0) is 45.7 Å². The fraction of sp³-hybridized carbons (Fsp3) is 0.333. The smallest absolute Gasteiger partial charge is 0.872 e. The second-order valence-corrected chi connectivity index (χ2v) is 7.72. The number of carboxylic acids is 2. The standard InChI is InChI=1S/C20H24N2O2.2C2H4O2.Mn/c1-19(2,21-13-15-9-5-7-11-17(15)23)20(3,4)22-14-16-10-6-8-12-18(16)24;2*1-2(3)4;/h5-14,23-24H,1-4H3;2*1H3,(H,3,4);/q;;;+3/p-3. The Balaban J connectivity index is 0. The molecule has 0 spiro atoms. The van der Waals surface area contributed by atoms with Crippen molar-refractivity contribution in [3.8, 4) is 11.5 Å². The second kappa shape index (κ2) is 14.8.